The Labute approximate surface area is 159 Å². The summed E-state index contributed by atoms with van der Waals surface area (Å²) in [6.07, 6.45) is 0. The van der Waals surface area contributed by atoms with E-state index in [-0.39, 0.29) is 17.5 Å². The number of rotatable bonds is 4. The molecule has 0 fully saturated rings. The lowest BCUT2D eigenvalue weighted by atomic mass is 10.3. The van der Waals surface area contributed by atoms with Crippen molar-refractivity contribution in [3.05, 3.63) is 83.8 Å². The minimum atomic E-state index is -0.336. The van der Waals surface area contributed by atoms with E-state index in [0.717, 1.165) is 10.6 Å². The van der Waals surface area contributed by atoms with Gasteiger partial charge in [-0.3, -0.25) is 4.79 Å². The molecule has 0 aliphatic rings. The maximum Gasteiger partial charge on any atom is 0.297 e. The Morgan fingerprint density at radius 2 is 1.78 bits per heavy atom. The van der Waals surface area contributed by atoms with Crippen LogP contribution in [0.1, 0.15) is 10.6 Å². The van der Waals surface area contributed by atoms with Gasteiger partial charge in [-0.15, -0.1) is 16.4 Å². The molecule has 27 heavy (non-hydrogen) atoms. The number of nitrogens with zero attached hydrogens (tertiary/aromatic N) is 4. The highest BCUT2D eigenvalue weighted by molar-refractivity contribution is 7.13. The van der Waals surface area contributed by atoms with Crippen LogP contribution in [0.25, 0.3) is 16.4 Å². The Balaban J connectivity index is 1.77. The number of hydrogen-bond acceptors (Lipinski definition) is 4. The maximum atomic E-state index is 13.3. The van der Waals surface area contributed by atoms with Gasteiger partial charge in [-0.05, 0) is 47.8 Å². The van der Waals surface area contributed by atoms with Crippen molar-refractivity contribution in [2.75, 3.05) is 11.9 Å². The second-order valence-corrected chi connectivity index (χ2v) is 6.77. The fourth-order valence-corrected chi connectivity index (χ4v) is 3.35. The second kappa shape index (κ2) is 7.13. The lowest BCUT2D eigenvalue weighted by molar-refractivity contribution is 0.0983. The molecule has 0 aliphatic carbocycles. The largest absolute Gasteiger partial charge is 0.309 e. The molecule has 1 amide bonds. The van der Waals surface area contributed by atoms with Gasteiger partial charge in [0.15, 0.2) is 5.82 Å². The number of aromatic nitrogens is 3. The highest BCUT2D eigenvalue weighted by Gasteiger charge is 2.22. The third kappa shape index (κ3) is 3.37. The summed E-state index contributed by atoms with van der Waals surface area (Å²) in [5, 5.41) is 6.34. The van der Waals surface area contributed by atoms with Crippen LogP contribution in [-0.2, 0) is 0 Å². The van der Waals surface area contributed by atoms with Crippen molar-refractivity contribution < 1.29 is 9.18 Å². The van der Waals surface area contributed by atoms with Crippen LogP contribution in [-0.4, -0.2) is 27.7 Å². The SMILES string of the molecule is CN(C(=O)c1nc(-c2cccs2)n(-c2ccc(F)cc2)n1)c1ccccc1. The van der Waals surface area contributed by atoms with Crippen molar-refractivity contribution in [3.63, 3.8) is 0 Å². The molecule has 2 aromatic carbocycles. The van der Waals surface area contributed by atoms with Crippen LogP contribution >= 0.6 is 11.3 Å². The molecule has 0 spiro atoms. The van der Waals surface area contributed by atoms with Crippen molar-refractivity contribution in [3.8, 4) is 16.4 Å². The third-order valence-electron chi connectivity index (χ3n) is 4.06. The Morgan fingerprint density at radius 1 is 1.04 bits per heavy atom. The van der Waals surface area contributed by atoms with Crippen molar-refractivity contribution in [2.45, 2.75) is 0 Å². The first kappa shape index (κ1) is 17.1. The zero-order chi connectivity index (χ0) is 18.8. The van der Waals surface area contributed by atoms with E-state index in [1.807, 2.05) is 47.8 Å². The summed E-state index contributed by atoms with van der Waals surface area (Å²) in [4.78, 5) is 19.7. The third-order valence-corrected chi connectivity index (χ3v) is 4.93. The highest BCUT2D eigenvalue weighted by atomic mass is 32.1. The minimum absolute atomic E-state index is 0.0779. The number of carbonyl (C=O) groups is 1. The number of benzene rings is 2. The molecule has 5 nitrogen and oxygen atoms in total. The summed E-state index contributed by atoms with van der Waals surface area (Å²) in [5.41, 5.74) is 1.38. The van der Waals surface area contributed by atoms with Gasteiger partial charge in [0, 0.05) is 12.7 Å². The first-order chi connectivity index (χ1) is 13.1. The number of halogens is 1. The van der Waals surface area contributed by atoms with Crippen LogP contribution < -0.4 is 4.90 Å². The van der Waals surface area contributed by atoms with Crippen molar-refractivity contribution >= 4 is 22.9 Å². The van der Waals surface area contributed by atoms with E-state index in [2.05, 4.69) is 10.1 Å². The zero-order valence-electron chi connectivity index (χ0n) is 14.4. The standard InChI is InChI=1S/C20H15FN4OS/c1-24(15-6-3-2-4-7-15)20(26)18-22-19(17-8-5-13-27-17)25(23-18)16-11-9-14(21)10-12-16/h2-13H,1H3. The number of thiophene rings is 1. The molecule has 7 heteroatoms. The first-order valence-electron chi connectivity index (χ1n) is 8.23. The second-order valence-electron chi connectivity index (χ2n) is 5.82. The average Bonchev–Trinajstić information content (AvgIpc) is 3.38. The van der Waals surface area contributed by atoms with Gasteiger partial charge in [0.05, 0.1) is 10.6 Å². The molecule has 0 N–H and O–H groups in total. The Kier molecular flexibility index (Phi) is 4.52. The molecular formula is C20H15FN4OS. The lowest BCUT2D eigenvalue weighted by Crippen LogP contribution is -2.27. The van der Waals surface area contributed by atoms with Gasteiger partial charge in [-0.1, -0.05) is 24.3 Å². The number of anilines is 1. The molecule has 0 saturated heterocycles. The molecule has 0 radical (unpaired) electrons. The highest BCUT2D eigenvalue weighted by Crippen LogP contribution is 2.26. The van der Waals surface area contributed by atoms with Crippen molar-refractivity contribution in [1.29, 1.82) is 0 Å². The van der Waals surface area contributed by atoms with E-state index in [0.29, 0.717) is 11.5 Å². The van der Waals surface area contributed by atoms with E-state index in [4.69, 9.17) is 0 Å². The summed E-state index contributed by atoms with van der Waals surface area (Å²) < 4.78 is 14.9. The van der Waals surface area contributed by atoms with Crippen LogP contribution in [0.15, 0.2) is 72.1 Å². The van der Waals surface area contributed by atoms with Crippen LogP contribution in [0.3, 0.4) is 0 Å². The summed E-state index contributed by atoms with van der Waals surface area (Å²) in [7, 11) is 1.68. The van der Waals surface area contributed by atoms with E-state index in [1.165, 1.54) is 28.4 Å². The van der Waals surface area contributed by atoms with Gasteiger partial charge in [0.2, 0.25) is 5.82 Å². The molecule has 0 aliphatic heterocycles. The van der Waals surface area contributed by atoms with Crippen LogP contribution in [0.4, 0.5) is 10.1 Å². The molecule has 2 aromatic heterocycles. The maximum absolute atomic E-state index is 13.3. The average molecular weight is 378 g/mol. The van der Waals surface area contributed by atoms with E-state index in [1.54, 1.807) is 23.9 Å². The Bertz CT molecular complexity index is 1060. The van der Waals surface area contributed by atoms with Crippen molar-refractivity contribution in [2.24, 2.45) is 0 Å². The molecule has 134 valence electrons. The normalized spacial score (nSPS) is 10.7. The van der Waals surface area contributed by atoms with E-state index < -0.39 is 0 Å². The predicted octanol–water partition coefficient (Wildman–Crippen LogP) is 4.41. The summed E-state index contributed by atoms with van der Waals surface area (Å²) in [6, 6.07) is 19.0. The smallest absolute Gasteiger partial charge is 0.297 e. The van der Waals surface area contributed by atoms with E-state index >= 15 is 0 Å². The van der Waals surface area contributed by atoms with Gasteiger partial charge in [-0.25, -0.2) is 14.1 Å². The molecule has 0 bridgehead atoms. The van der Waals surface area contributed by atoms with E-state index in [9.17, 15) is 9.18 Å². The molecule has 4 rings (SSSR count). The summed E-state index contributed by atoms with van der Waals surface area (Å²) >= 11 is 1.50. The Morgan fingerprint density at radius 3 is 2.44 bits per heavy atom. The Hall–Kier alpha value is -3.32. The molecule has 0 unspecified atom stereocenters. The summed E-state index contributed by atoms with van der Waals surface area (Å²) in [6.45, 7) is 0. The minimum Gasteiger partial charge on any atom is -0.309 e. The number of para-hydroxylation sites is 1. The zero-order valence-corrected chi connectivity index (χ0v) is 15.2. The molecule has 2 heterocycles. The van der Waals surface area contributed by atoms with Gasteiger partial charge in [0.25, 0.3) is 5.91 Å². The van der Waals surface area contributed by atoms with Crippen molar-refractivity contribution in [1.82, 2.24) is 14.8 Å². The van der Waals surface area contributed by atoms with Gasteiger partial charge in [0.1, 0.15) is 5.82 Å². The quantitative estimate of drug-likeness (QED) is 0.528. The fraction of sp³-hybridized carbons (Fsp3) is 0.0500. The van der Waals surface area contributed by atoms with Gasteiger partial charge in [-0.2, -0.15) is 0 Å². The molecule has 0 atom stereocenters. The first-order valence-corrected chi connectivity index (χ1v) is 9.11. The van der Waals surface area contributed by atoms with Crippen LogP contribution in [0.2, 0.25) is 0 Å². The number of amides is 1. The topological polar surface area (TPSA) is 51.0 Å². The lowest BCUT2D eigenvalue weighted by Gasteiger charge is -2.14. The molecular weight excluding hydrogens is 363 g/mol. The fourth-order valence-electron chi connectivity index (χ4n) is 2.65. The molecule has 4 aromatic rings. The molecule has 0 saturated carbocycles. The number of carbonyl (C=O) groups excluding carboxylic acids is 1. The van der Waals surface area contributed by atoms with Gasteiger partial charge < -0.3 is 4.90 Å². The monoisotopic (exact) mass is 378 g/mol. The summed E-state index contributed by atoms with van der Waals surface area (Å²) in [5.74, 6) is -0.0352. The predicted molar refractivity (Wildman–Crippen MR) is 104 cm³/mol. The van der Waals surface area contributed by atoms with Crippen LogP contribution in [0, 0.1) is 5.82 Å². The van der Waals surface area contributed by atoms with Gasteiger partial charge >= 0.3 is 0 Å². The number of hydrogen-bond donors (Lipinski definition) is 0. The van der Waals surface area contributed by atoms with Crippen LogP contribution in [0.5, 0.6) is 0 Å².